The van der Waals surface area contributed by atoms with Crippen molar-refractivity contribution in [2.75, 3.05) is 17.2 Å². The molecule has 2 heterocycles. The maximum atomic E-state index is 12.5. The largest absolute Gasteiger partial charge is 0.370 e. The molecule has 5 heteroatoms. The molecule has 0 radical (unpaired) electrons. The van der Waals surface area contributed by atoms with E-state index >= 15 is 0 Å². The molecule has 0 amide bonds. The lowest BCUT2D eigenvalue weighted by Crippen LogP contribution is -2.20. The highest BCUT2D eigenvalue weighted by Gasteiger charge is 2.11. The zero-order valence-electron chi connectivity index (χ0n) is 13.0. The molecule has 0 bridgehead atoms. The third kappa shape index (κ3) is 3.07. The lowest BCUT2D eigenvalue weighted by molar-refractivity contribution is 0.734. The topological polar surface area (TPSA) is 59.0 Å². The Kier molecular flexibility index (Phi) is 4.62. The number of anilines is 2. The smallest absolute Gasteiger partial charge is 0.262 e. The molecule has 112 valence electrons. The Morgan fingerprint density at radius 3 is 2.81 bits per heavy atom. The molecule has 0 spiro atoms. The monoisotopic (exact) mass is 286 g/mol. The number of nitrogens with zero attached hydrogens (tertiary/aromatic N) is 2. The summed E-state index contributed by atoms with van der Waals surface area (Å²) in [4.78, 5) is 17.0. The van der Waals surface area contributed by atoms with Crippen molar-refractivity contribution in [2.24, 2.45) is 0 Å². The molecule has 2 aromatic rings. The van der Waals surface area contributed by atoms with Crippen molar-refractivity contribution in [1.82, 2.24) is 9.55 Å². The zero-order chi connectivity index (χ0) is 15.4. The standard InChI is InChI=1S/C16H22N4O/c1-5-11(4)18-13-10-12-8-9-20(7-3)16(21)14(12)15(19-13)17-6-2/h5,8-10H,6-7H2,1-4H3,(H2,17,18,19)/b11-5+. The molecule has 0 unspecified atom stereocenters. The lowest BCUT2D eigenvalue weighted by Gasteiger charge is -2.13. The third-order valence-electron chi connectivity index (χ3n) is 3.40. The number of allylic oxidation sites excluding steroid dienone is 2. The Morgan fingerprint density at radius 1 is 1.43 bits per heavy atom. The summed E-state index contributed by atoms with van der Waals surface area (Å²) in [6.45, 7) is 9.26. The van der Waals surface area contributed by atoms with Crippen molar-refractivity contribution in [3.8, 4) is 0 Å². The van der Waals surface area contributed by atoms with Gasteiger partial charge in [-0.1, -0.05) is 6.08 Å². The molecule has 0 fully saturated rings. The highest BCUT2D eigenvalue weighted by molar-refractivity contribution is 5.93. The fourth-order valence-electron chi connectivity index (χ4n) is 2.19. The molecule has 5 nitrogen and oxygen atoms in total. The number of aromatic nitrogens is 2. The molecule has 2 rings (SSSR count). The van der Waals surface area contributed by atoms with E-state index < -0.39 is 0 Å². The molecule has 0 saturated carbocycles. The van der Waals surface area contributed by atoms with Gasteiger partial charge in [-0.3, -0.25) is 4.79 Å². The summed E-state index contributed by atoms with van der Waals surface area (Å²) >= 11 is 0. The second-order valence-corrected chi connectivity index (χ2v) is 4.85. The van der Waals surface area contributed by atoms with E-state index in [9.17, 15) is 4.79 Å². The van der Waals surface area contributed by atoms with E-state index in [1.165, 1.54) is 0 Å². The maximum Gasteiger partial charge on any atom is 0.262 e. The number of hydrogen-bond donors (Lipinski definition) is 2. The molecule has 0 aliphatic rings. The molecular formula is C16H22N4O. The van der Waals surface area contributed by atoms with Gasteiger partial charge in [-0.05, 0) is 45.2 Å². The third-order valence-corrected chi connectivity index (χ3v) is 3.40. The first-order valence-electron chi connectivity index (χ1n) is 7.28. The van der Waals surface area contributed by atoms with Crippen molar-refractivity contribution < 1.29 is 0 Å². The fraction of sp³-hybridized carbons (Fsp3) is 0.375. The van der Waals surface area contributed by atoms with Gasteiger partial charge < -0.3 is 15.2 Å². The minimum atomic E-state index is -0.00671. The SMILES string of the molecule is C/C=C(\C)Nc1cc2ccn(CC)c(=O)c2c(NCC)n1. The van der Waals surface area contributed by atoms with Gasteiger partial charge >= 0.3 is 0 Å². The van der Waals surface area contributed by atoms with Crippen LogP contribution < -0.4 is 16.2 Å². The molecule has 0 aliphatic heterocycles. The fourth-order valence-corrected chi connectivity index (χ4v) is 2.19. The highest BCUT2D eigenvalue weighted by Crippen LogP contribution is 2.22. The van der Waals surface area contributed by atoms with Gasteiger partial charge in [0.1, 0.15) is 11.6 Å². The van der Waals surface area contributed by atoms with Crippen LogP contribution in [0.2, 0.25) is 0 Å². The molecule has 2 aromatic heterocycles. The molecule has 0 atom stereocenters. The number of hydrogen-bond acceptors (Lipinski definition) is 4. The van der Waals surface area contributed by atoms with Gasteiger partial charge in [-0.15, -0.1) is 0 Å². The van der Waals surface area contributed by atoms with Crippen LogP contribution in [0.15, 0.2) is 34.9 Å². The Bertz CT molecular complexity index is 731. The van der Waals surface area contributed by atoms with Crippen molar-refractivity contribution in [2.45, 2.75) is 34.2 Å². The minimum Gasteiger partial charge on any atom is -0.370 e. The predicted octanol–water partition coefficient (Wildman–Crippen LogP) is 3.18. The van der Waals surface area contributed by atoms with Crippen LogP contribution in [0.5, 0.6) is 0 Å². The highest BCUT2D eigenvalue weighted by atomic mass is 16.1. The van der Waals surface area contributed by atoms with Gasteiger partial charge in [-0.25, -0.2) is 4.98 Å². The summed E-state index contributed by atoms with van der Waals surface area (Å²) in [5.41, 5.74) is 1.01. The summed E-state index contributed by atoms with van der Waals surface area (Å²) in [6, 6.07) is 3.86. The van der Waals surface area contributed by atoms with Crippen molar-refractivity contribution in [3.05, 3.63) is 40.5 Å². The lowest BCUT2D eigenvalue weighted by atomic mass is 10.2. The number of nitrogens with one attached hydrogen (secondary N) is 2. The predicted molar refractivity (Wildman–Crippen MR) is 88.9 cm³/mol. The summed E-state index contributed by atoms with van der Waals surface area (Å²) in [6.07, 6.45) is 3.81. The van der Waals surface area contributed by atoms with Crippen LogP contribution in [0, 0.1) is 0 Å². The van der Waals surface area contributed by atoms with Crippen LogP contribution in [-0.4, -0.2) is 16.1 Å². The summed E-state index contributed by atoms with van der Waals surface area (Å²) < 4.78 is 1.69. The van der Waals surface area contributed by atoms with Gasteiger partial charge in [0.25, 0.3) is 5.56 Å². The number of aryl methyl sites for hydroxylation is 1. The van der Waals surface area contributed by atoms with Crippen LogP contribution in [0.25, 0.3) is 10.8 Å². The van der Waals surface area contributed by atoms with Crippen LogP contribution in [0.3, 0.4) is 0 Å². The van der Waals surface area contributed by atoms with Gasteiger partial charge in [-0.2, -0.15) is 0 Å². The molecule has 0 saturated heterocycles. The van der Waals surface area contributed by atoms with Gasteiger partial charge in [0.05, 0.1) is 5.39 Å². The van der Waals surface area contributed by atoms with Crippen LogP contribution in [-0.2, 0) is 6.54 Å². The van der Waals surface area contributed by atoms with E-state index in [-0.39, 0.29) is 5.56 Å². The van der Waals surface area contributed by atoms with E-state index in [4.69, 9.17) is 0 Å². The Hall–Kier alpha value is -2.30. The van der Waals surface area contributed by atoms with Crippen molar-refractivity contribution in [3.63, 3.8) is 0 Å². The van der Waals surface area contributed by atoms with Crippen molar-refractivity contribution in [1.29, 1.82) is 0 Å². The number of pyridine rings is 2. The van der Waals surface area contributed by atoms with Gasteiger partial charge in [0.2, 0.25) is 0 Å². The molecule has 21 heavy (non-hydrogen) atoms. The van der Waals surface area contributed by atoms with E-state index in [0.717, 1.165) is 16.9 Å². The van der Waals surface area contributed by atoms with E-state index in [1.54, 1.807) is 4.57 Å². The molecule has 0 aromatic carbocycles. The van der Waals surface area contributed by atoms with Gasteiger partial charge in [0, 0.05) is 25.0 Å². The van der Waals surface area contributed by atoms with Gasteiger partial charge in [0.15, 0.2) is 0 Å². The molecule has 0 aliphatic carbocycles. The van der Waals surface area contributed by atoms with E-state index in [0.29, 0.717) is 24.3 Å². The Labute approximate surface area is 124 Å². The Balaban J connectivity index is 2.67. The first kappa shape index (κ1) is 15.1. The normalized spacial score (nSPS) is 11.7. The Morgan fingerprint density at radius 2 is 2.19 bits per heavy atom. The summed E-state index contributed by atoms with van der Waals surface area (Å²) in [5, 5.41) is 7.96. The quantitative estimate of drug-likeness (QED) is 0.886. The van der Waals surface area contributed by atoms with E-state index in [2.05, 4.69) is 15.6 Å². The summed E-state index contributed by atoms with van der Waals surface area (Å²) in [7, 11) is 0. The maximum absolute atomic E-state index is 12.5. The van der Waals surface area contributed by atoms with E-state index in [1.807, 2.05) is 52.1 Å². The molecular weight excluding hydrogens is 264 g/mol. The number of fused-ring (bicyclic) bond motifs is 1. The second kappa shape index (κ2) is 6.43. The summed E-state index contributed by atoms with van der Waals surface area (Å²) in [5.74, 6) is 1.37. The average Bonchev–Trinajstić information content (AvgIpc) is 2.47. The van der Waals surface area contributed by atoms with Crippen LogP contribution in [0.1, 0.15) is 27.7 Å². The minimum absolute atomic E-state index is 0.00671. The zero-order valence-corrected chi connectivity index (χ0v) is 13.0. The van der Waals surface area contributed by atoms with Crippen LogP contribution >= 0.6 is 0 Å². The number of rotatable bonds is 5. The first-order valence-corrected chi connectivity index (χ1v) is 7.28. The van der Waals surface area contributed by atoms with Crippen molar-refractivity contribution >= 4 is 22.4 Å². The average molecular weight is 286 g/mol. The second-order valence-electron chi connectivity index (χ2n) is 4.85. The first-order chi connectivity index (χ1) is 10.1. The molecule has 2 N–H and O–H groups in total. The van der Waals surface area contributed by atoms with Crippen LogP contribution in [0.4, 0.5) is 11.6 Å².